The van der Waals surface area contributed by atoms with Gasteiger partial charge in [-0.1, -0.05) is 42.5 Å². The first kappa shape index (κ1) is 29.6. The summed E-state index contributed by atoms with van der Waals surface area (Å²) < 4.78 is 15.2. The number of nitriles is 1. The molecule has 0 aliphatic rings. The second kappa shape index (κ2) is 14.8. The quantitative estimate of drug-likeness (QED) is 0.298. The van der Waals surface area contributed by atoms with E-state index in [1.54, 1.807) is 51.1 Å². The van der Waals surface area contributed by atoms with Crippen molar-refractivity contribution in [1.29, 1.82) is 5.26 Å². The zero-order valence-corrected chi connectivity index (χ0v) is 21.6. The van der Waals surface area contributed by atoms with Crippen LogP contribution in [-0.4, -0.2) is 48.9 Å². The fourth-order valence-electron chi connectivity index (χ4n) is 3.10. The molecule has 0 spiro atoms. The van der Waals surface area contributed by atoms with Crippen molar-refractivity contribution in [3.63, 3.8) is 0 Å². The van der Waals surface area contributed by atoms with Crippen molar-refractivity contribution in [3.05, 3.63) is 65.7 Å². The first-order valence-corrected chi connectivity index (χ1v) is 11.9. The Hall–Kier alpha value is -4.59. The Balaban J connectivity index is 1.81. The third kappa shape index (κ3) is 11.9. The minimum atomic E-state index is -0.983. The smallest absolute Gasteiger partial charge is 0.408 e. The summed E-state index contributed by atoms with van der Waals surface area (Å²) in [6, 6.07) is 16.7. The van der Waals surface area contributed by atoms with E-state index in [1.807, 2.05) is 30.3 Å². The Kier molecular flexibility index (Phi) is 11.6. The maximum atomic E-state index is 12.3. The molecule has 2 aromatic carbocycles. The molecule has 11 heteroatoms. The van der Waals surface area contributed by atoms with Crippen LogP contribution in [0.2, 0.25) is 0 Å². The van der Waals surface area contributed by atoms with E-state index in [2.05, 4.69) is 16.0 Å². The molecular formula is C27H32N4O7. The molecular weight excluding hydrogens is 492 g/mol. The monoisotopic (exact) mass is 524 g/mol. The fraction of sp³-hybridized carbons (Fsp3) is 0.370. The van der Waals surface area contributed by atoms with Gasteiger partial charge in [-0.25, -0.2) is 14.4 Å². The number of esters is 1. The molecule has 0 aromatic heterocycles. The number of anilines is 1. The van der Waals surface area contributed by atoms with Crippen LogP contribution in [0.3, 0.4) is 0 Å². The van der Waals surface area contributed by atoms with Crippen LogP contribution in [0.1, 0.15) is 38.3 Å². The number of carbonyl (C=O) groups is 4. The number of rotatable bonds is 11. The van der Waals surface area contributed by atoms with Gasteiger partial charge in [-0.2, -0.15) is 5.26 Å². The Labute approximate surface area is 221 Å². The van der Waals surface area contributed by atoms with Crippen LogP contribution < -0.4 is 16.0 Å². The summed E-state index contributed by atoms with van der Waals surface area (Å²) in [6.07, 6.45) is -0.740. The van der Waals surface area contributed by atoms with Gasteiger partial charge in [0.15, 0.2) is 6.61 Å². The first-order valence-electron chi connectivity index (χ1n) is 11.9. The minimum absolute atomic E-state index is 0.0844. The molecule has 2 rings (SSSR count). The summed E-state index contributed by atoms with van der Waals surface area (Å²) in [7, 11) is 0. The summed E-state index contributed by atoms with van der Waals surface area (Å²) in [5.74, 6) is -1.16. The number of carbonyl (C=O) groups excluding carboxylic acids is 4. The molecule has 0 saturated heterocycles. The van der Waals surface area contributed by atoms with Crippen molar-refractivity contribution in [3.8, 4) is 6.07 Å². The van der Waals surface area contributed by atoms with Crippen LogP contribution in [0.5, 0.6) is 0 Å². The van der Waals surface area contributed by atoms with Crippen molar-refractivity contribution >= 4 is 29.8 Å². The summed E-state index contributed by atoms with van der Waals surface area (Å²) >= 11 is 0. The van der Waals surface area contributed by atoms with Gasteiger partial charge in [0.25, 0.3) is 0 Å². The molecule has 38 heavy (non-hydrogen) atoms. The molecule has 202 valence electrons. The fourth-order valence-corrected chi connectivity index (χ4v) is 3.10. The molecule has 0 fully saturated rings. The number of ether oxygens (including phenoxy) is 3. The van der Waals surface area contributed by atoms with Crippen molar-refractivity contribution in [2.24, 2.45) is 0 Å². The summed E-state index contributed by atoms with van der Waals surface area (Å²) in [5.41, 5.74) is 1.43. The van der Waals surface area contributed by atoms with E-state index >= 15 is 0 Å². The van der Waals surface area contributed by atoms with Crippen molar-refractivity contribution in [2.75, 3.05) is 18.5 Å². The van der Waals surface area contributed by atoms with E-state index in [0.29, 0.717) is 17.7 Å². The van der Waals surface area contributed by atoms with Gasteiger partial charge in [0.2, 0.25) is 5.91 Å². The SMILES string of the molecule is CC(C)(C)OC(=O)NCC(=O)Nc1ccc(COC(=O)N[C@@H](CCc2ccccc2)C(=O)OCC#N)cc1. The van der Waals surface area contributed by atoms with E-state index in [-0.39, 0.29) is 19.6 Å². The van der Waals surface area contributed by atoms with Gasteiger partial charge in [-0.3, -0.25) is 4.79 Å². The topological polar surface area (TPSA) is 156 Å². The van der Waals surface area contributed by atoms with E-state index in [9.17, 15) is 19.2 Å². The minimum Gasteiger partial charge on any atom is -0.449 e. The maximum absolute atomic E-state index is 12.3. The average molecular weight is 525 g/mol. The van der Waals surface area contributed by atoms with Crippen molar-refractivity contribution in [2.45, 2.75) is 51.9 Å². The summed E-state index contributed by atoms with van der Waals surface area (Å²) in [5, 5.41) is 16.2. The third-order valence-electron chi connectivity index (χ3n) is 4.82. The number of benzene rings is 2. The van der Waals surface area contributed by atoms with Gasteiger partial charge in [0, 0.05) is 5.69 Å². The molecule has 0 aliphatic carbocycles. The van der Waals surface area contributed by atoms with Gasteiger partial charge in [-0.05, 0) is 56.9 Å². The molecule has 11 nitrogen and oxygen atoms in total. The summed E-state index contributed by atoms with van der Waals surface area (Å²) in [4.78, 5) is 48.3. The Morgan fingerprint density at radius 1 is 0.921 bits per heavy atom. The number of hydrogen-bond acceptors (Lipinski definition) is 8. The number of nitrogens with one attached hydrogen (secondary N) is 3. The van der Waals surface area contributed by atoms with Crippen LogP contribution in [0, 0.1) is 11.3 Å². The Morgan fingerprint density at radius 3 is 2.24 bits per heavy atom. The number of hydrogen-bond donors (Lipinski definition) is 3. The van der Waals surface area contributed by atoms with Gasteiger partial charge < -0.3 is 30.2 Å². The molecule has 1 atom stereocenters. The zero-order valence-electron chi connectivity index (χ0n) is 21.6. The third-order valence-corrected chi connectivity index (χ3v) is 4.82. The van der Waals surface area contributed by atoms with Gasteiger partial charge >= 0.3 is 18.2 Å². The molecule has 3 N–H and O–H groups in total. The van der Waals surface area contributed by atoms with Gasteiger partial charge in [-0.15, -0.1) is 0 Å². The number of nitrogens with zero attached hydrogens (tertiary/aromatic N) is 1. The Morgan fingerprint density at radius 2 is 1.61 bits per heavy atom. The lowest BCUT2D eigenvalue weighted by Crippen LogP contribution is -2.42. The molecule has 0 heterocycles. The predicted molar refractivity (Wildman–Crippen MR) is 138 cm³/mol. The second-order valence-electron chi connectivity index (χ2n) is 9.16. The maximum Gasteiger partial charge on any atom is 0.408 e. The second-order valence-corrected chi connectivity index (χ2v) is 9.16. The highest BCUT2D eigenvalue weighted by molar-refractivity contribution is 5.93. The lowest BCUT2D eigenvalue weighted by atomic mass is 10.1. The van der Waals surface area contributed by atoms with Crippen LogP contribution in [0.4, 0.5) is 15.3 Å². The van der Waals surface area contributed by atoms with Crippen molar-refractivity contribution in [1.82, 2.24) is 10.6 Å². The zero-order chi connectivity index (χ0) is 28.0. The highest BCUT2D eigenvalue weighted by Crippen LogP contribution is 2.12. The number of alkyl carbamates (subject to hydrolysis) is 2. The predicted octanol–water partition coefficient (Wildman–Crippen LogP) is 3.44. The molecule has 0 bridgehead atoms. The highest BCUT2D eigenvalue weighted by atomic mass is 16.6. The van der Waals surface area contributed by atoms with E-state index < -0.39 is 42.3 Å². The van der Waals surface area contributed by atoms with Crippen LogP contribution in [0.25, 0.3) is 0 Å². The largest absolute Gasteiger partial charge is 0.449 e. The summed E-state index contributed by atoms with van der Waals surface area (Å²) in [6.45, 7) is 4.39. The lowest BCUT2D eigenvalue weighted by molar-refractivity contribution is -0.144. The molecule has 0 unspecified atom stereocenters. The Bertz CT molecular complexity index is 1120. The van der Waals surface area contributed by atoms with Crippen LogP contribution in [-0.2, 0) is 36.8 Å². The average Bonchev–Trinajstić information content (AvgIpc) is 2.87. The molecule has 3 amide bonds. The number of aryl methyl sites for hydroxylation is 1. The lowest BCUT2D eigenvalue weighted by Gasteiger charge is -2.19. The standard InChI is InChI=1S/C27H32N4O7/c1-27(2,3)38-25(34)29-17-23(32)30-21-12-9-20(10-13-21)18-37-26(35)31-22(24(33)36-16-15-28)14-11-19-7-5-4-6-8-19/h4-10,12-13,22H,11,14,16-18H2,1-3H3,(H,29,34)(H,30,32)(H,31,35)/t22-/m0/s1. The van der Waals surface area contributed by atoms with Crippen LogP contribution in [0.15, 0.2) is 54.6 Å². The van der Waals surface area contributed by atoms with E-state index in [1.165, 1.54) is 0 Å². The molecule has 0 radical (unpaired) electrons. The van der Waals surface area contributed by atoms with Crippen molar-refractivity contribution < 1.29 is 33.4 Å². The molecule has 0 saturated carbocycles. The molecule has 0 aliphatic heterocycles. The molecule has 2 aromatic rings. The first-order chi connectivity index (χ1) is 18.1. The highest BCUT2D eigenvalue weighted by Gasteiger charge is 2.23. The van der Waals surface area contributed by atoms with Gasteiger partial charge in [0.1, 0.15) is 30.9 Å². The number of amides is 3. The normalized spacial score (nSPS) is 11.3. The van der Waals surface area contributed by atoms with E-state index in [0.717, 1.165) is 5.56 Å². The van der Waals surface area contributed by atoms with E-state index in [4.69, 9.17) is 19.5 Å². The van der Waals surface area contributed by atoms with Crippen LogP contribution >= 0.6 is 0 Å². The van der Waals surface area contributed by atoms with Gasteiger partial charge in [0.05, 0.1) is 0 Å².